The number of hydrogen-bond donors (Lipinski definition) is 0. The Morgan fingerprint density at radius 2 is 1.04 bits per heavy atom. The third kappa shape index (κ3) is 5.23. The first-order valence-electron chi connectivity index (χ1n) is 19.2. The molecule has 0 fully saturated rings. The van der Waals surface area contributed by atoms with Crippen LogP contribution in [0.5, 0.6) is 0 Å². The maximum absolute atomic E-state index is 5.34. The summed E-state index contributed by atoms with van der Waals surface area (Å²) in [6.45, 7) is 4.67. The van der Waals surface area contributed by atoms with Crippen molar-refractivity contribution in [1.29, 1.82) is 0 Å². The summed E-state index contributed by atoms with van der Waals surface area (Å²) in [4.78, 5) is 10.6. The maximum atomic E-state index is 5.34. The lowest BCUT2D eigenvalue weighted by molar-refractivity contribution is 0.660. The van der Waals surface area contributed by atoms with E-state index in [1.165, 1.54) is 69.9 Å². The van der Waals surface area contributed by atoms with Gasteiger partial charge >= 0.3 is 0 Å². The van der Waals surface area contributed by atoms with Crippen LogP contribution in [-0.4, -0.2) is 9.97 Å². The van der Waals surface area contributed by atoms with E-state index >= 15 is 0 Å². The largest absolute Gasteiger partial charge is 0.228 e. The van der Waals surface area contributed by atoms with Crippen LogP contribution >= 0.6 is 11.3 Å². The van der Waals surface area contributed by atoms with Gasteiger partial charge < -0.3 is 0 Å². The first kappa shape index (κ1) is 32.7. The van der Waals surface area contributed by atoms with Crippen molar-refractivity contribution < 1.29 is 0 Å². The van der Waals surface area contributed by atoms with Gasteiger partial charge in [0.2, 0.25) is 0 Å². The molecule has 0 radical (unpaired) electrons. The van der Waals surface area contributed by atoms with E-state index in [1.54, 1.807) is 0 Å². The van der Waals surface area contributed by atoms with E-state index in [0.29, 0.717) is 5.82 Å². The normalized spacial score (nSPS) is 13.0. The standard InChI is InChI=1S/C53H36N2S/c1-53(2)45-23-13-11-21-41(45)42-26-25-36(31-46(42)53)47-32-48(55-52(54-47)34-17-7-4-8-18-34)39-28-37(33-15-5-3-6-16-33)27-38(29-39)44-30-35-19-9-10-20-40(35)50-43-22-12-14-24-49(43)56-51(44)50/h3-32H,1-2H3. The predicted octanol–water partition coefficient (Wildman–Crippen LogP) is 14.6. The second-order valence-corrected chi connectivity index (χ2v) is 16.4. The lowest BCUT2D eigenvalue weighted by Crippen LogP contribution is -2.14. The minimum absolute atomic E-state index is 0.114. The SMILES string of the molecule is CC1(C)c2ccccc2-c2ccc(-c3cc(-c4cc(-c5ccccc5)cc(-c5cc6ccccc6c6c5sc5ccccc56)c4)nc(-c4ccccc4)n3)cc21. The van der Waals surface area contributed by atoms with Crippen molar-refractivity contribution in [2.24, 2.45) is 0 Å². The van der Waals surface area contributed by atoms with Crippen LogP contribution in [0.1, 0.15) is 25.0 Å². The Kier molecular flexibility index (Phi) is 7.42. The molecule has 0 atom stereocenters. The summed E-state index contributed by atoms with van der Waals surface area (Å²) < 4.78 is 2.60. The topological polar surface area (TPSA) is 25.8 Å². The van der Waals surface area contributed by atoms with Gasteiger partial charge in [0, 0.05) is 47.8 Å². The van der Waals surface area contributed by atoms with Crippen molar-refractivity contribution in [1.82, 2.24) is 9.97 Å². The zero-order valence-electron chi connectivity index (χ0n) is 31.1. The molecule has 0 amide bonds. The van der Waals surface area contributed by atoms with Gasteiger partial charge in [-0.1, -0.05) is 153 Å². The van der Waals surface area contributed by atoms with Crippen LogP contribution in [0.3, 0.4) is 0 Å². The molecule has 1 aliphatic rings. The molecule has 10 aromatic rings. The van der Waals surface area contributed by atoms with Gasteiger partial charge in [0.25, 0.3) is 0 Å². The molecule has 0 saturated heterocycles. The minimum Gasteiger partial charge on any atom is -0.228 e. The fourth-order valence-corrected chi connectivity index (χ4v) is 10.1. The van der Waals surface area contributed by atoms with Gasteiger partial charge in [-0.3, -0.25) is 0 Å². The Labute approximate surface area is 330 Å². The lowest BCUT2D eigenvalue weighted by atomic mass is 9.82. The maximum Gasteiger partial charge on any atom is 0.160 e. The van der Waals surface area contributed by atoms with E-state index in [4.69, 9.17) is 9.97 Å². The quantitative estimate of drug-likeness (QED) is 0.176. The van der Waals surface area contributed by atoms with E-state index in [9.17, 15) is 0 Å². The molecule has 3 heteroatoms. The summed E-state index contributed by atoms with van der Waals surface area (Å²) >= 11 is 1.88. The Morgan fingerprint density at radius 3 is 1.86 bits per heavy atom. The first-order chi connectivity index (χ1) is 27.5. The molecular weight excluding hydrogens is 697 g/mol. The van der Waals surface area contributed by atoms with Gasteiger partial charge in [-0.25, -0.2) is 9.97 Å². The van der Waals surface area contributed by atoms with Gasteiger partial charge in [-0.2, -0.15) is 0 Å². The number of nitrogens with zero attached hydrogens (tertiary/aromatic N) is 2. The summed E-state index contributed by atoms with van der Waals surface area (Å²) in [5, 5.41) is 5.15. The molecule has 0 bridgehead atoms. The summed E-state index contributed by atoms with van der Waals surface area (Å²) in [5.41, 5.74) is 14.9. The molecular formula is C53H36N2S. The van der Waals surface area contributed by atoms with Crippen LogP contribution in [0, 0.1) is 0 Å². The highest BCUT2D eigenvalue weighted by Crippen LogP contribution is 2.50. The van der Waals surface area contributed by atoms with Crippen molar-refractivity contribution in [3.8, 4) is 67.3 Å². The number of fused-ring (bicyclic) bond motifs is 8. The summed E-state index contributed by atoms with van der Waals surface area (Å²) in [6.07, 6.45) is 0. The molecule has 1 aliphatic carbocycles. The van der Waals surface area contributed by atoms with Crippen LogP contribution in [0.2, 0.25) is 0 Å². The van der Waals surface area contributed by atoms with E-state index in [2.05, 4.69) is 190 Å². The molecule has 56 heavy (non-hydrogen) atoms. The minimum atomic E-state index is -0.114. The summed E-state index contributed by atoms with van der Waals surface area (Å²) in [7, 11) is 0. The average Bonchev–Trinajstić information content (AvgIpc) is 3.76. The van der Waals surface area contributed by atoms with Crippen molar-refractivity contribution >= 4 is 42.3 Å². The fourth-order valence-electron chi connectivity index (χ4n) is 8.84. The lowest BCUT2D eigenvalue weighted by Gasteiger charge is -2.22. The number of hydrogen-bond acceptors (Lipinski definition) is 3. The second kappa shape index (κ2) is 12.7. The van der Waals surface area contributed by atoms with Gasteiger partial charge in [0.15, 0.2) is 5.82 Å². The Balaban J connectivity index is 1.16. The van der Waals surface area contributed by atoms with Crippen LogP contribution in [0.15, 0.2) is 182 Å². The highest BCUT2D eigenvalue weighted by atomic mass is 32.1. The van der Waals surface area contributed by atoms with Crippen LogP contribution in [-0.2, 0) is 5.41 Å². The van der Waals surface area contributed by atoms with Crippen LogP contribution < -0.4 is 0 Å². The molecule has 2 heterocycles. The molecule has 2 aromatic heterocycles. The second-order valence-electron chi connectivity index (χ2n) is 15.4. The van der Waals surface area contributed by atoms with Crippen molar-refractivity contribution in [2.45, 2.75) is 19.3 Å². The third-order valence-electron chi connectivity index (χ3n) is 11.7. The van der Waals surface area contributed by atoms with Gasteiger partial charge in [-0.15, -0.1) is 11.3 Å². The summed E-state index contributed by atoms with van der Waals surface area (Å²) in [6, 6.07) is 65.9. The van der Waals surface area contributed by atoms with Crippen LogP contribution in [0.25, 0.3) is 98.2 Å². The highest BCUT2D eigenvalue weighted by molar-refractivity contribution is 7.26. The summed E-state index contributed by atoms with van der Waals surface area (Å²) in [5.74, 6) is 0.713. The fraction of sp³-hybridized carbons (Fsp3) is 0.0566. The van der Waals surface area contributed by atoms with E-state index in [1.807, 2.05) is 17.4 Å². The van der Waals surface area contributed by atoms with Gasteiger partial charge in [0.05, 0.1) is 11.4 Å². The number of aromatic nitrogens is 2. The molecule has 0 spiro atoms. The molecule has 2 nitrogen and oxygen atoms in total. The van der Waals surface area contributed by atoms with Crippen molar-refractivity contribution in [3.05, 3.63) is 193 Å². The molecule has 0 aliphatic heterocycles. The average molecular weight is 733 g/mol. The number of rotatable bonds is 5. The molecule has 11 rings (SSSR count). The Morgan fingerprint density at radius 1 is 0.411 bits per heavy atom. The highest BCUT2D eigenvalue weighted by Gasteiger charge is 2.35. The van der Waals surface area contributed by atoms with Gasteiger partial charge in [0.1, 0.15) is 0 Å². The van der Waals surface area contributed by atoms with Gasteiger partial charge in [-0.05, 0) is 92.2 Å². The van der Waals surface area contributed by atoms with E-state index in [-0.39, 0.29) is 5.41 Å². The monoisotopic (exact) mass is 732 g/mol. The Bertz CT molecular complexity index is 3160. The zero-order chi connectivity index (χ0) is 37.4. The van der Waals surface area contributed by atoms with Crippen LogP contribution in [0.4, 0.5) is 0 Å². The van der Waals surface area contributed by atoms with Crippen molar-refractivity contribution in [2.75, 3.05) is 0 Å². The molecule has 8 aromatic carbocycles. The van der Waals surface area contributed by atoms with E-state index in [0.717, 1.165) is 33.6 Å². The van der Waals surface area contributed by atoms with Crippen molar-refractivity contribution in [3.63, 3.8) is 0 Å². The molecule has 264 valence electrons. The number of thiophene rings is 1. The molecule has 0 N–H and O–H groups in total. The molecule has 0 unspecified atom stereocenters. The third-order valence-corrected chi connectivity index (χ3v) is 12.9. The Hall–Kier alpha value is -6.68. The number of benzene rings is 8. The molecule has 0 saturated carbocycles. The first-order valence-corrected chi connectivity index (χ1v) is 20.0. The zero-order valence-corrected chi connectivity index (χ0v) is 31.9. The predicted molar refractivity (Wildman–Crippen MR) is 237 cm³/mol. The van der Waals surface area contributed by atoms with E-state index < -0.39 is 0 Å². The smallest absolute Gasteiger partial charge is 0.160 e.